The smallest absolute Gasteiger partial charge is 0.246 e. The SMILES string of the molecule is Cc1ccc(S(=O)(=O)N2CCN(C(=O)Cn3nnc(-c4ccc(Cl)cc4)n3)CC2)cc1C. The summed E-state index contributed by atoms with van der Waals surface area (Å²) >= 11 is 5.89. The van der Waals surface area contributed by atoms with Crippen LogP contribution in [0, 0.1) is 13.8 Å². The fourth-order valence-electron chi connectivity index (χ4n) is 3.45. The molecule has 0 bridgehead atoms. The predicted molar refractivity (Wildman–Crippen MR) is 120 cm³/mol. The van der Waals surface area contributed by atoms with Crippen molar-refractivity contribution in [2.24, 2.45) is 0 Å². The van der Waals surface area contributed by atoms with E-state index in [1.54, 1.807) is 41.3 Å². The number of hydrogen-bond donors (Lipinski definition) is 0. The minimum Gasteiger partial charge on any atom is -0.338 e. The van der Waals surface area contributed by atoms with Crippen LogP contribution in [0.4, 0.5) is 0 Å². The number of carbonyl (C=O) groups is 1. The van der Waals surface area contributed by atoms with Gasteiger partial charge in [-0.2, -0.15) is 9.10 Å². The lowest BCUT2D eigenvalue weighted by molar-refractivity contribution is -0.133. The third-order valence-corrected chi connectivity index (χ3v) is 7.69. The zero-order chi connectivity index (χ0) is 22.9. The van der Waals surface area contributed by atoms with Crippen LogP contribution in [0.3, 0.4) is 0 Å². The van der Waals surface area contributed by atoms with Crippen molar-refractivity contribution in [2.75, 3.05) is 26.2 Å². The molecule has 168 valence electrons. The van der Waals surface area contributed by atoms with Crippen LogP contribution in [0.5, 0.6) is 0 Å². The molecular weight excluding hydrogens is 452 g/mol. The van der Waals surface area contributed by atoms with Gasteiger partial charge in [0.1, 0.15) is 6.54 Å². The Balaban J connectivity index is 1.36. The molecule has 2 heterocycles. The van der Waals surface area contributed by atoms with Gasteiger partial charge >= 0.3 is 0 Å². The second-order valence-electron chi connectivity index (χ2n) is 7.68. The predicted octanol–water partition coefficient (Wildman–Crippen LogP) is 2.14. The number of piperazine rings is 1. The molecule has 1 aliphatic heterocycles. The molecule has 9 nitrogen and oxygen atoms in total. The van der Waals surface area contributed by atoms with Gasteiger partial charge in [-0.05, 0) is 66.6 Å². The average Bonchev–Trinajstić information content (AvgIpc) is 3.24. The van der Waals surface area contributed by atoms with E-state index in [2.05, 4.69) is 15.4 Å². The van der Waals surface area contributed by atoms with E-state index in [0.29, 0.717) is 23.9 Å². The molecule has 32 heavy (non-hydrogen) atoms. The van der Waals surface area contributed by atoms with Gasteiger partial charge in [-0.25, -0.2) is 8.42 Å². The summed E-state index contributed by atoms with van der Waals surface area (Å²) in [5, 5.41) is 12.8. The molecule has 1 aromatic heterocycles. The van der Waals surface area contributed by atoms with Crippen LogP contribution in [0.15, 0.2) is 47.4 Å². The first-order valence-electron chi connectivity index (χ1n) is 10.1. The molecule has 0 atom stereocenters. The minimum absolute atomic E-state index is 0.0650. The Morgan fingerprint density at radius 1 is 1.00 bits per heavy atom. The third-order valence-electron chi connectivity index (χ3n) is 5.54. The van der Waals surface area contributed by atoms with Crippen molar-refractivity contribution in [3.05, 3.63) is 58.6 Å². The molecule has 4 rings (SSSR count). The Morgan fingerprint density at radius 3 is 2.34 bits per heavy atom. The van der Waals surface area contributed by atoms with E-state index in [0.717, 1.165) is 16.7 Å². The molecular formula is C21H23ClN6O3S. The maximum absolute atomic E-state index is 13.0. The number of aromatic nitrogens is 4. The Bertz CT molecular complexity index is 1230. The summed E-state index contributed by atoms with van der Waals surface area (Å²) in [6, 6.07) is 12.1. The minimum atomic E-state index is -3.59. The van der Waals surface area contributed by atoms with Crippen molar-refractivity contribution in [2.45, 2.75) is 25.3 Å². The largest absolute Gasteiger partial charge is 0.338 e. The van der Waals surface area contributed by atoms with Crippen molar-refractivity contribution in [1.82, 2.24) is 29.4 Å². The molecule has 1 fully saturated rings. The molecule has 1 saturated heterocycles. The van der Waals surface area contributed by atoms with Gasteiger partial charge in [0.25, 0.3) is 0 Å². The quantitative estimate of drug-likeness (QED) is 0.561. The first kappa shape index (κ1) is 22.4. The van der Waals surface area contributed by atoms with Crippen LogP contribution in [0.25, 0.3) is 11.4 Å². The van der Waals surface area contributed by atoms with E-state index in [1.165, 1.54) is 9.10 Å². The van der Waals surface area contributed by atoms with Crippen molar-refractivity contribution in [3.63, 3.8) is 0 Å². The second-order valence-corrected chi connectivity index (χ2v) is 10.1. The summed E-state index contributed by atoms with van der Waals surface area (Å²) in [5.41, 5.74) is 2.72. The zero-order valence-corrected chi connectivity index (χ0v) is 19.3. The van der Waals surface area contributed by atoms with E-state index in [-0.39, 0.29) is 30.4 Å². The van der Waals surface area contributed by atoms with E-state index in [4.69, 9.17) is 11.6 Å². The highest BCUT2D eigenvalue weighted by molar-refractivity contribution is 7.89. The van der Waals surface area contributed by atoms with E-state index < -0.39 is 10.0 Å². The molecule has 1 aliphatic rings. The molecule has 0 N–H and O–H groups in total. The van der Waals surface area contributed by atoms with Crippen LogP contribution in [0.1, 0.15) is 11.1 Å². The highest BCUT2D eigenvalue weighted by Gasteiger charge is 2.30. The molecule has 0 aliphatic carbocycles. The summed E-state index contributed by atoms with van der Waals surface area (Å²) < 4.78 is 27.3. The fourth-order valence-corrected chi connectivity index (χ4v) is 5.08. The summed E-state index contributed by atoms with van der Waals surface area (Å²) in [7, 11) is -3.59. The number of nitrogens with zero attached hydrogens (tertiary/aromatic N) is 6. The van der Waals surface area contributed by atoms with Crippen molar-refractivity contribution in [3.8, 4) is 11.4 Å². The topological polar surface area (TPSA) is 101 Å². The van der Waals surface area contributed by atoms with Gasteiger partial charge in [0.2, 0.25) is 21.8 Å². The lowest BCUT2D eigenvalue weighted by Gasteiger charge is -2.34. The number of carbonyl (C=O) groups excluding carboxylic acids is 1. The second kappa shape index (κ2) is 8.97. The molecule has 2 aromatic carbocycles. The van der Waals surface area contributed by atoms with Crippen LogP contribution >= 0.6 is 11.6 Å². The highest BCUT2D eigenvalue weighted by Crippen LogP contribution is 2.21. The van der Waals surface area contributed by atoms with Crippen LogP contribution in [-0.2, 0) is 21.4 Å². The molecule has 3 aromatic rings. The monoisotopic (exact) mass is 474 g/mol. The fraction of sp³-hybridized carbons (Fsp3) is 0.333. The summed E-state index contributed by atoms with van der Waals surface area (Å²) in [6.45, 7) is 4.86. The lowest BCUT2D eigenvalue weighted by atomic mass is 10.1. The summed E-state index contributed by atoms with van der Waals surface area (Å²) in [4.78, 5) is 15.8. The Hall–Kier alpha value is -2.82. The van der Waals surface area contributed by atoms with Crippen LogP contribution in [0.2, 0.25) is 5.02 Å². The average molecular weight is 475 g/mol. The maximum atomic E-state index is 13.0. The summed E-state index contributed by atoms with van der Waals surface area (Å²) in [5.74, 6) is 0.215. The number of hydrogen-bond acceptors (Lipinski definition) is 6. The number of aryl methyl sites for hydroxylation is 2. The highest BCUT2D eigenvalue weighted by atomic mass is 35.5. The van der Waals surface area contributed by atoms with Crippen LogP contribution in [-0.4, -0.2) is 69.9 Å². The normalized spacial score (nSPS) is 15.2. The van der Waals surface area contributed by atoms with Gasteiger partial charge in [-0.3, -0.25) is 4.79 Å². The summed E-state index contributed by atoms with van der Waals surface area (Å²) in [6.07, 6.45) is 0. The maximum Gasteiger partial charge on any atom is 0.246 e. The molecule has 1 amide bonds. The first-order chi connectivity index (χ1) is 15.2. The standard InChI is InChI=1S/C21H23ClN6O3S/c1-15-3-8-19(13-16(15)2)32(30,31)27-11-9-26(10-12-27)20(29)14-28-24-21(23-25-28)17-4-6-18(22)7-5-17/h3-8,13H,9-12,14H2,1-2H3. The Kier molecular flexibility index (Phi) is 6.27. The first-order valence-corrected chi connectivity index (χ1v) is 11.9. The molecule has 0 saturated carbocycles. The van der Waals surface area contributed by atoms with Crippen molar-refractivity contribution < 1.29 is 13.2 Å². The van der Waals surface area contributed by atoms with Crippen molar-refractivity contribution in [1.29, 1.82) is 0 Å². The van der Waals surface area contributed by atoms with E-state index in [1.807, 2.05) is 19.9 Å². The molecule has 0 spiro atoms. The van der Waals surface area contributed by atoms with E-state index in [9.17, 15) is 13.2 Å². The number of rotatable bonds is 5. The van der Waals surface area contributed by atoms with Gasteiger partial charge in [0, 0.05) is 36.8 Å². The number of amides is 1. The molecule has 11 heteroatoms. The molecule has 0 unspecified atom stereocenters. The third kappa shape index (κ3) is 4.67. The number of halogens is 1. The van der Waals surface area contributed by atoms with Gasteiger partial charge in [0.05, 0.1) is 4.90 Å². The van der Waals surface area contributed by atoms with Gasteiger partial charge in [-0.1, -0.05) is 17.7 Å². The van der Waals surface area contributed by atoms with Gasteiger partial charge < -0.3 is 4.90 Å². The van der Waals surface area contributed by atoms with E-state index >= 15 is 0 Å². The number of sulfonamides is 1. The molecule has 0 radical (unpaired) electrons. The van der Waals surface area contributed by atoms with Crippen molar-refractivity contribution >= 4 is 27.5 Å². The number of tetrazole rings is 1. The van der Waals surface area contributed by atoms with Crippen LogP contribution < -0.4 is 0 Å². The van der Waals surface area contributed by atoms with Gasteiger partial charge in [-0.15, -0.1) is 10.2 Å². The van der Waals surface area contributed by atoms with Gasteiger partial charge in [0.15, 0.2) is 0 Å². The lowest BCUT2D eigenvalue weighted by Crippen LogP contribution is -2.51. The number of benzene rings is 2. The zero-order valence-electron chi connectivity index (χ0n) is 17.8. The Morgan fingerprint density at radius 2 is 1.69 bits per heavy atom. The Labute approximate surface area is 191 Å².